The first-order chi connectivity index (χ1) is 14.4. The lowest BCUT2D eigenvalue weighted by Crippen LogP contribution is -2.14. The van der Waals surface area contributed by atoms with Crippen LogP contribution in [0.25, 0.3) is 22.4 Å². The van der Waals surface area contributed by atoms with E-state index in [2.05, 4.69) is 39.1 Å². The number of anilines is 1. The Labute approximate surface area is 175 Å². The van der Waals surface area contributed by atoms with E-state index >= 15 is 0 Å². The van der Waals surface area contributed by atoms with Gasteiger partial charge in [-0.25, -0.2) is 18.4 Å². The fourth-order valence-electron chi connectivity index (χ4n) is 3.85. The second-order valence-electron chi connectivity index (χ2n) is 7.87. The minimum atomic E-state index is -3.29. The van der Waals surface area contributed by atoms with Crippen molar-refractivity contribution in [3.63, 3.8) is 0 Å². The molecule has 0 bridgehead atoms. The molecule has 0 saturated heterocycles. The van der Waals surface area contributed by atoms with Gasteiger partial charge in [-0.15, -0.1) is 0 Å². The lowest BCUT2D eigenvalue weighted by molar-refractivity contribution is 0.587. The van der Waals surface area contributed by atoms with Crippen molar-refractivity contribution >= 4 is 26.7 Å². The van der Waals surface area contributed by atoms with Crippen LogP contribution in [0.4, 0.5) is 5.69 Å². The van der Waals surface area contributed by atoms with E-state index in [4.69, 9.17) is 4.98 Å². The highest BCUT2D eigenvalue weighted by atomic mass is 32.2. The molecule has 0 fully saturated rings. The molecular formula is C23H22N4O2S. The average Bonchev–Trinajstić information content (AvgIpc) is 3.37. The minimum absolute atomic E-state index is 0.326. The highest BCUT2D eigenvalue weighted by Crippen LogP contribution is 2.33. The average molecular weight is 419 g/mol. The number of benzene rings is 2. The highest BCUT2D eigenvalue weighted by Gasteiger charge is 2.23. The number of sulfone groups is 1. The molecule has 1 N–H and O–H groups in total. The first-order valence-corrected chi connectivity index (χ1v) is 11.5. The smallest absolute Gasteiger partial charge is 0.180 e. The fraction of sp³-hybridized carbons (Fsp3) is 0.217. The lowest BCUT2D eigenvalue weighted by Gasteiger charge is -2.16. The molecule has 0 unspecified atom stereocenters. The van der Waals surface area contributed by atoms with E-state index < -0.39 is 15.1 Å². The molecule has 1 aliphatic heterocycles. The molecule has 3 heterocycles. The van der Waals surface area contributed by atoms with E-state index in [1.54, 1.807) is 44.3 Å². The molecule has 1 aliphatic rings. The van der Waals surface area contributed by atoms with Crippen molar-refractivity contribution in [2.24, 2.45) is 0 Å². The van der Waals surface area contributed by atoms with Gasteiger partial charge in [0.15, 0.2) is 15.5 Å². The summed E-state index contributed by atoms with van der Waals surface area (Å²) in [5.41, 5.74) is 6.80. The van der Waals surface area contributed by atoms with Crippen LogP contribution in [0.1, 0.15) is 25.0 Å². The molecule has 2 aromatic heterocycles. The summed E-state index contributed by atoms with van der Waals surface area (Å²) in [4.78, 5) is 15.2. The van der Waals surface area contributed by atoms with E-state index in [0.29, 0.717) is 10.6 Å². The molecule has 0 aliphatic carbocycles. The molecule has 6 nitrogen and oxygen atoms in total. The van der Waals surface area contributed by atoms with Crippen LogP contribution in [0, 0.1) is 0 Å². The molecular weight excluding hydrogens is 396 g/mol. The van der Waals surface area contributed by atoms with Gasteiger partial charge in [0.1, 0.15) is 5.52 Å². The number of aromatic nitrogens is 3. The zero-order valence-electron chi connectivity index (χ0n) is 16.8. The predicted molar refractivity (Wildman–Crippen MR) is 118 cm³/mol. The molecule has 0 spiro atoms. The number of hydrogen-bond acceptors (Lipinski definition) is 5. The molecule has 5 rings (SSSR count). The summed E-state index contributed by atoms with van der Waals surface area (Å²) in [5, 5.41) is -0.452. The zero-order chi connectivity index (χ0) is 20.9. The largest absolute Gasteiger partial charge is 0.360 e. The Morgan fingerprint density at radius 3 is 2.30 bits per heavy atom. The molecule has 0 saturated carbocycles. The summed E-state index contributed by atoms with van der Waals surface area (Å²) in [5.74, 6) is 0. The van der Waals surface area contributed by atoms with E-state index in [1.807, 2.05) is 6.20 Å². The monoisotopic (exact) mass is 418 g/mol. The van der Waals surface area contributed by atoms with Gasteiger partial charge < -0.3 is 9.88 Å². The van der Waals surface area contributed by atoms with Gasteiger partial charge in [-0.3, -0.25) is 0 Å². The van der Waals surface area contributed by atoms with Gasteiger partial charge in [0.05, 0.1) is 27.7 Å². The van der Waals surface area contributed by atoms with E-state index in [0.717, 1.165) is 35.5 Å². The van der Waals surface area contributed by atoms with Crippen molar-refractivity contribution in [1.82, 2.24) is 15.0 Å². The second kappa shape index (κ2) is 6.95. The number of nitrogens with zero attached hydrogens (tertiary/aromatic N) is 3. The molecule has 30 heavy (non-hydrogen) atoms. The maximum atomic E-state index is 12.4. The first kappa shape index (κ1) is 18.8. The Morgan fingerprint density at radius 2 is 1.67 bits per heavy atom. The summed E-state index contributed by atoms with van der Waals surface area (Å²) in [6.07, 6.45) is 3.67. The van der Waals surface area contributed by atoms with E-state index in [9.17, 15) is 8.42 Å². The third kappa shape index (κ3) is 3.06. The number of H-pyrrole nitrogens is 1. The maximum Gasteiger partial charge on any atom is 0.180 e. The van der Waals surface area contributed by atoms with Gasteiger partial charge in [0.2, 0.25) is 0 Å². The molecule has 2 aromatic carbocycles. The van der Waals surface area contributed by atoms with Crippen LogP contribution in [0.15, 0.2) is 65.8 Å². The Bertz CT molecular complexity index is 1320. The van der Waals surface area contributed by atoms with Gasteiger partial charge in [-0.1, -0.05) is 36.4 Å². The molecule has 0 radical (unpaired) electrons. The topological polar surface area (TPSA) is 79.0 Å². The number of fused-ring (bicyclic) bond motifs is 2. The molecule has 152 valence electrons. The molecule has 0 amide bonds. The Kier molecular flexibility index (Phi) is 4.36. The first-order valence-electron chi connectivity index (χ1n) is 9.93. The second-order valence-corrected chi connectivity index (χ2v) is 10.4. The quantitative estimate of drug-likeness (QED) is 0.534. The SMILES string of the molecule is CC(C)S(=O)(=O)c1ccc(-c2cnc3[nH]cc(N4Cc5ccccc5C4)c3n2)cc1. The Morgan fingerprint density at radius 1 is 1.00 bits per heavy atom. The van der Waals surface area contributed by atoms with Crippen molar-refractivity contribution in [3.8, 4) is 11.3 Å². The van der Waals surface area contributed by atoms with Gasteiger partial charge in [-0.05, 0) is 37.1 Å². The standard InChI is InChI=1S/C23H22N4O2S/c1-15(2)30(28,29)19-9-7-16(8-10-19)20-11-24-23-22(26-20)21(12-25-23)27-13-17-5-3-4-6-18(17)14-27/h3-12,15H,13-14H2,1-2H3,(H,24,25). The van der Waals surface area contributed by atoms with Crippen molar-refractivity contribution in [2.75, 3.05) is 4.90 Å². The van der Waals surface area contributed by atoms with E-state index in [1.165, 1.54) is 11.1 Å². The number of aromatic amines is 1. The maximum absolute atomic E-state index is 12.4. The summed E-state index contributed by atoms with van der Waals surface area (Å²) in [6, 6.07) is 15.3. The van der Waals surface area contributed by atoms with Crippen LogP contribution in [0.3, 0.4) is 0 Å². The van der Waals surface area contributed by atoms with Crippen LogP contribution in [0.5, 0.6) is 0 Å². The van der Waals surface area contributed by atoms with Gasteiger partial charge in [-0.2, -0.15) is 0 Å². The van der Waals surface area contributed by atoms with Crippen molar-refractivity contribution in [1.29, 1.82) is 0 Å². The van der Waals surface area contributed by atoms with Crippen LogP contribution in [0.2, 0.25) is 0 Å². The fourth-order valence-corrected chi connectivity index (χ4v) is 4.91. The number of rotatable bonds is 4. The molecule has 4 aromatic rings. The lowest BCUT2D eigenvalue weighted by atomic mass is 10.1. The Hall–Kier alpha value is -3.19. The van der Waals surface area contributed by atoms with Crippen LogP contribution < -0.4 is 4.90 Å². The van der Waals surface area contributed by atoms with Crippen LogP contribution in [-0.4, -0.2) is 28.6 Å². The van der Waals surface area contributed by atoms with Crippen LogP contribution in [-0.2, 0) is 22.9 Å². The summed E-state index contributed by atoms with van der Waals surface area (Å²) in [7, 11) is -3.29. The normalized spacial score (nSPS) is 13.9. The van der Waals surface area contributed by atoms with Gasteiger partial charge >= 0.3 is 0 Å². The third-order valence-corrected chi connectivity index (χ3v) is 7.81. The highest BCUT2D eigenvalue weighted by molar-refractivity contribution is 7.92. The van der Waals surface area contributed by atoms with Gasteiger partial charge in [0, 0.05) is 24.8 Å². The molecule has 7 heteroatoms. The number of nitrogens with one attached hydrogen (secondary N) is 1. The van der Waals surface area contributed by atoms with E-state index in [-0.39, 0.29) is 0 Å². The summed E-state index contributed by atoms with van der Waals surface area (Å²) >= 11 is 0. The Balaban J connectivity index is 1.49. The van der Waals surface area contributed by atoms with Crippen LogP contribution >= 0.6 is 0 Å². The minimum Gasteiger partial charge on any atom is -0.360 e. The summed E-state index contributed by atoms with van der Waals surface area (Å²) < 4.78 is 24.7. The summed E-state index contributed by atoms with van der Waals surface area (Å²) in [6.45, 7) is 5.06. The van der Waals surface area contributed by atoms with Gasteiger partial charge in [0.25, 0.3) is 0 Å². The van der Waals surface area contributed by atoms with Crippen molar-refractivity contribution < 1.29 is 8.42 Å². The van der Waals surface area contributed by atoms with Crippen molar-refractivity contribution in [3.05, 3.63) is 72.1 Å². The third-order valence-electron chi connectivity index (χ3n) is 5.64. The van der Waals surface area contributed by atoms with Crippen molar-refractivity contribution in [2.45, 2.75) is 37.1 Å². The molecule has 0 atom stereocenters. The number of hydrogen-bond donors (Lipinski definition) is 1. The predicted octanol–water partition coefficient (Wildman–Crippen LogP) is 4.33. The zero-order valence-corrected chi connectivity index (χ0v) is 17.6.